The second-order valence-electron chi connectivity index (χ2n) is 5.41. The van der Waals surface area contributed by atoms with Gasteiger partial charge in [0, 0.05) is 18.0 Å². The van der Waals surface area contributed by atoms with Gasteiger partial charge in [-0.1, -0.05) is 0 Å². The van der Waals surface area contributed by atoms with E-state index in [1.807, 2.05) is 0 Å². The highest BCUT2D eigenvalue weighted by atomic mass is 19.1. The first-order chi connectivity index (χ1) is 9.72. The summed E-state index contributed by atoms with van der Waals surface area (Å²) in [5, 5.41) is 3.47. The van der Waals surface area contributed by atoms with Crippen LogP contribution in [0.5, 0.6) is 0 Å². The molecule has 0 aliphatic heterocycles. The van der Waals surface area contributed by atoms with Crippen molar-refractivity contribution >= 4 is 0 Å². The van der Waals surface area contributed by atoms with E-state index in [0.717, 1.165) is 36.9 Å². The molecule has 1 heterocycles. The molecule has 0 bridgehead atoms. The van der Waals surface area contributed by atoms with Crippen molar-refractivity contribution in [3.05, 3.63) is 41.7 Å². The predicted molar refractivity (Wildman–Crippen MR) is 76.0 cm³/mol. The number of oxazole rings is 1. The zero-order chi connectivity index (χ0) is 13.9. The lowest BCUT2D eigenvalue weighted by molar-refractivity contribution is 0.491. The third kappa shape index (κ3) is 3.25. The Bertz CT molecular complexity index is 590. The molecule has 0 saturated heterocycles. The molecule has 0 amide bonds. The summed E-state index contributed by atoms with van der Waals surface area (Å²) < 4.78 is 19.0. The molecule has 1 fully saturated rings. The van der Waals surface area contributed by atoms with E-state index in [0.29, 0.717) is 11.3 Å². The number of aryl methyl sites for hydroxylation is 2. The first-order valence-electron chi connectivity index (χ1n) is 7.17. The Morgan fingerprint density at radius 2 is 2.25 bits per heavy atom. The summed E-state index contributed by atoms with van der Waals surface area (Å²) in [5.74, 6) is 1.26. The van der Waals surface area contributed by atoms with Crippen LogP contribution in [0, 0.1) is 12.7 Å². The fraction of sp³-hybridized carbons (Fsp3) is 0.438. The van der Waals surface area contributed by atoms with Gasteiger partial charge in [-0.3, -0.25) is 0 Å². The summed E-state index contributed by atoms with van der Waals surface area (Å²) in [5.41, 5.74) is 1.49. The molecular weight excluding hydrogens is 255 g/mol. The van der Waals surface area contributed by atoms with Crippen molar-refractivity contribution in [1.82, 2.24) is 10.3 Å². The molecule has 1 aliphatic carbocycles. The minimum Gasteiger partial charge on any atom is -0.441 e. The van der Waals surface area contributed by atoms with Crippen LogP contribution in [-0.2, 0) is 6.42 Å². The van der Waals surface area contributed by atoms with Crippen LogP contribution in [0.15, 0.2) is 28.8 Å². The molecular formula is C16H19FN2O. The number of benzene rings is 1. The number of aromatic nitrogens is 1. The Morgan fingerprint density at radius 3 is 3.00 bits per heavy atom. The Morgan fingerprint density at radius 1 is 1.40 bits per heavy atom. The fourth-order valence-electron chi connectivity index (χ4n) is 2.19. The summed E-state index contributed by atoms with van der Waals surface area (Å²) >= 11 is 0. The number of nitrogens with one attached hydrogen (secondary N) is 1. The lowest BCUT2D eigenvalue weighted by atomic mass is 10.1. The van der Waals surface area contributed by atoms with Gasteiger partial charge in [-0.2, -0.15) is 0 Å². The number of hydrogen-bond acceptors (Lipinski definition) is 3. The molecule has 3 rings (SSSR count). The molecule has 0 atom stereocenters. The predicted octanol–water partition coefficient (Wildman–Crippen LogP) is 3.47. The molecule has 0 radical (unpaired) electrons. The van der Waals surface area contributed by atoms with Crippen molar-refractivity contribution in [2.75, 3.05) is 6.54 Å². The van der Waals surface area contributed by atoms with Gasteiger partial charge in [-0.05, 0) is 56.5 Å². The van der Waals surface area contributed by atoms with Gasteiger partial charge in [-0.15, -0.1) is 0 Å². The second-order valence-corrected chi connectivity index (χ2v) is 5.41. The number of nitrogens with zero attached hydrogens (tertiary/aromatic N) is 1. The molecule has 2 aromatic rings. The summed E-state index contributed by atoms with van der Waals surface area (Å²) in [6, 6.07) is 5.72. The van der Waals surface area contributed by atoms with Crippen LogP contribution < -0.4 is 5.32 Å². The number of halogens is 1. The SMILES string of the molecule is Cc1cc(-c2cnc(CCCNC3CC3)o2)ccc1F. The molecule has 20 heavy (non-hydrogen) atoms. The third-order valence-corrected chi connectivity index (χ3v) is 3.57. The zero-order valence-corrected chi connectivity index (χ0v) is 11.7. The molecule has 1 N–H and O–H groups in total. The van der Waals surface area contributed by atoms with Crippen LogP contribution in [0.4, 0.5) is 4.39 Å². The molecule has 1 aromatic carbocycles. The Kier molecular flexibility index (Phi) is 3.83. The molecule has 1 saturated carbocycles. The molecule has 3 nitrogen and oxygen atoms in total. The lowest BCUT2D eigenvalue weighted by Gasteiger charge is -2.01. The molecule has 1 aliphatic rings. The molecule has 0 spiro atoms. The maximum absolute atomic E-state index is 13.2. The van der Waals surface area contributed by atoms with Gasteiger partial charge in [0.15, 0.2) is 11.7 Å². The minimum absolute atomic E-state index is 0.195. The number of rotatable bonds is 6. The van der Waals surface area contributed by atoms with Crippen molar-refractivity contribution < 1.29 is 8.81 Å². The van der Waals surface area contributed by atoms with E-state index in [2.05, 4.69) is 10.3 Å². The Hall–Kier alpha value is -1.68. The van der Waals surface area contributed by atoms with Crippen LogP contribution in [0.3, 0.4) is 0 Å². The third-order valence-electron chi connectivity index (χ3n) is 3.57. The van der Waals surface area contributed by atoms with Crippen molar-refractivity contribution in [3.63, 3.8) is 0 Å². The minimum atomic E-state index is -0.195. The van der Waals surface area contributed by atoms with E-state index in [1.165, 1.54) is 18.9 Å². The average Bonchev–Trinajstić information content (AvgIpc) is 3.15. The smallest absolute Gasteiger partial charge is 0.194 e. The summed E-state index contributed by atoms with van der Waals surface area (Å²) in [7, 11) is 0. The van der Waals surface area contributed by atoms with E-state index in [-0.39, 0.29) is 5.82 Å². The van der Waals surface area contributed by atoms with Gasteiger partial charge in [-0.25, -0.2) is 9.37 Å². The number of hydrogen-bond donors (Lipinski definition) is 1. The van der Waals surface area contributed by atoms with Crippen molar-refractivity contribution in [1.29, 1.82) is 0 Å². The Labute approximate surface area is 118 Å². The van der Waals surface area contributed by atoms with Gasteiger partial charge < -0.3 is 9.73 Å². The van der Waals surface area contributed by atoms with Gasteiger partial charge >= 0.3 is 0 Å². The van der Waals surface area contributed by atoms with E-state index in [1.54, 1.807) is 25.3 Å². The molecule has 1 aromatic heterocycles. The average molecular weight is 274 g/mol. The van der Waals surface area contributed by atoms with E-state index in [9.17, 15) is 4.39 Å². The zero-order valence-electron chi connectivity index (χ0n) is 11.7. The largest absolute Gasteiger partial charge is 0.441 e. The van der Waals surface area contributed by atoms with Gasteiger partial charge in [0.05, 0.1) is 6.20 Å². The highest BCUT2D eigenvalue weighted by Gasteiger charge is 2.19. The van der Waals surface area contributed by atoms with Crippen LogP contribution in [0.2, 0.25) is 0 Å². The summed E-state index contributed by atoms with van der Waals surface area (Å²) in [6.45, 7) is 2.76. The highest BCUT2D eigenvalue weighted by Crippen LogP contribution is 2.23. The monoisotopic (exact) mass is 274 g/mol. The molecule has 0 unspecified atom stereocenters. The second kappa shape index (κ2) is 5.75. The normalized spacial score (nSPS) is 14.7. The van der Waals surface area contributed by atoms with Crippen LogP contribution in [0.25, 0.3) is 11.3 Å². The molecule has 106 valence electrons. The quantitative estimate of drug-likeness (QED) is 0.820. The van der Waals surface area contributed by atoms with E-state index in [4.69, 9.17) is 4.42 Å². The van der Waals surface area contributed by atoms with Crippen molar-refractivity contribution in [3.8, 4) is 11.3 Å². The maximum Gasteiger partial charge on any atom is 0.194 e. The first kappa shape index (κ1) is 13.3. The summed E-state index contributed by atoms with van der Waals surface area (Å²) in [4.78, 5) is 4.29. The standard InChI is InChI=1S/C16H19FN2O/c1-11-9-12(4-7-14(11)17)15-10-19-16(20-15)3-2-8-18-13-5-6-13/h4,7,9-10,13,18H,2-3,5-6,8H2,1H3. The Balaban J connectivity index is 1.58. The van der Waals surface area contributed by atoms with Crippen molar-refractivity contribution in [2.45, 2.75) is 38.6 Å². The van der Waals surface area contributed by atoms with E-state index < -0.39 is 0 Å². The van der Waals surface area contributed by atoms with Crippen molar-refractivity contribution in [2.24, 2.45) is 0 Å². The van der Waals surface area contributed by atoms with Gasteiger partial charge in [0.25, 0.3) is 0 Å². The highest BCUT2D eigenvalue weighted by molar-refractivity contribution is 5.57. The first-order valence-corrected chi connectivity index (χ1v) is 7.17. The van der Waals surface area contributed by atoms with Gasteiger partial charge in [0.1, 0.15) is 5.82 Å². The van der Waals surface area contributed by atoms with Crippen LogP contribution >= 0.6 is 0 Å². The van der Waals surface area contributed by atoms with Gasteiger partial charge in [0.2, 0.25) is 0 Å². The topological polar surface area (TPSA) is 38.1 Å². The fourth-order valence-corrected chi connectivity index (χ4v) is 2.19. The maximum atomic E-state index is 13.2. The van der Waals surface area contributed by atoms with E-state index >= 15 is 0 Å². The van der Waals surface area contributed by atoms with Crippen LogP contribution in [0.1, 0.15) is 30.7 Å². The molecule has 4 heteroatoms. The lowest BCUT2D eigenvalue weighted by Crippen LogP contribution is -2.17. The van der Waals surface area contributed by atoms with Crippen LogP contribution in [-0.4, -0.2) is 17.6 Å². The summed E-state index contributed by atoms with van der Waals surface area (Å²) in [6.07, 6.45) is 6.20.